The fraction of sp³-hybridized carbons (Fsp3) is 0.312. The Morgan fingerprint density at radius 2 is 2.21 bits per heavy atom. The zero-order chi connectivity index (χ0) is 17.1. The standard InChI is InChI=1S/C16H16F2N4O2/c17-11-4-3-10(12(18)8-11)9-22-7-1-2-14(16(22)24)20-15(23)13-5-6-19-21-13/h3-6,8,14H,1-2,7,9H2,(H,19,21)(H,20,23)/t14-/m1/s1. The van der Waals surface area contributed by atoms with E-state index in [-0.39, 0.29) is 23.7 Å². The van der Waals surface area contributed by atoms with E-state index in [1.165, 1.54) is 23.2 Å². The molecule has 3 rings (SSSR count). The molecule has 24 heavy (non-hydrogen) atoms. The van der Waals surface area contributed by atoms with Gasteiger partial charge in [-0.25, -0.2) is 8.78 Å². The molecule has 0 unspecified atom stereocenters. The minimum atomic E-state index is -0.689. The zero-order valence-corrected chi connectivity index (χ0v) is 12.8. The number of likely N-dealkylation sites (tertiary alicyclic amines) is 1. The van der Waals surface area contributed by atoms with Gasteiger partial charge in [0.05, 0.1) is 0 Å². The predicted octanol–water partition coefficient (Wildman–Crippen LogP) is 1.61. The first-order valence-corrected chi connectivity index (χ1v) is 7.57. The summed E-state index contributed by atoms with van der Waals surface area (Å²) in [4.78, 5) is 26.0. The van der Waals surface area contributed by atoms with Gasteiger partial charge in [0.15, 0.2) is 0 Å². The third-order valence-electron chi connectivity index (χ3n) is 3.96. The van der Waals surface area contributed by atoms with E-state index in [0.29, 0.717) is 19.4 Å². The normalized spacial score (nSPS) is 17.8. The number of benzene rings is 1. The molecule has 2 heterocycles. The van der Waals surface area contributed by atoms with Gasteiger partial charge in [-0.15, -0.1) is 0 Å². The minimum absolute atomic E-state index is 0.0430. The molecule has 6 nitrogen and oxygen atoms in total. The quantitative estimate of drug-likeness (QED) is 0.892. The van der Waals surface area contributed by atoms with Crippen LogP contribution in [0, 0.1) is 11.6 Å². The van der Waals surface area contributed by atoms with E-state index in [9.17, 15) is 18.4 Å². The number of nitrogens with zero attached hydrogens (tertiary/aromatic N) is 2. The third-order valence-corrected chi connectivity index (χ3v) is 3.96. The Labute approximate surface area is 136 Å². The molecule has 1 aliphatic heterocycles. The summed E-state index contributed by atoms with van der Waals surface area (Å²) in [6.07, 6.45) is 2.64. The van der Waals surface area contributed by atoms with Crippen LogP contribution in [0.25, 0.3) is 0 Å². The topological polar surface area (TPSA) is 78.1 Å². The van der Waals surface area contributed by atoms with E-state index >= 15 is 0 Å². The lowest BCUT2D eigenvalue weighted by molar-refractivity contribution is -0.136. The molecule has 1 aromatic heterocycles. The first kappa shape index (κ1) is 16.1. The van der Waals surface area contributed by atoms with E-state index in [0.717, 1.165) is 12.1 Å². The molecule has 1 fully saturated rings. The number of H-pyrrole nitrogens is 1. The monoisotopic (exact) mass is 334 g/mol. The molecule has 0 bridgehead atoms. The number of rotatable bonds is 4. The summed E-state index contributed by atoms with van der Waals surface area (Å²) in [6.45, 7) is 0.507. The van der Waals surface area contributed by atoms with Crippen LogP contribution in [0.1, 0.15) is 28.9 Å². The van der Waals surface area contributed by atoms with Crippen molar-refractivity contribution in [3.05, 3.63) is 53.4 Å². The van der Waals surface area contributed by atoms with Crippen molar-refractivity contribution in [1.82, 2.24) is 20.4 Å². The number of carbonyl (C=O) groups is 2. The second-order valence-electron chi connectivity index (χ2n) is 5.63. The molecule has 0 spiro atoms. The van der Waals surface area contributed by atoms with Crippen molar-refractivity contribution in [2.24, 2.45) is 0 Å². The number of piperidine rings is 1. The summed E-state index contributed by atoms with van der Waals surface area (Å²) in [5, 5.41) is 8.88. The van der Waals surface area contributed by atoms with Crippen molar-refractivity contribution in [1.29, 1.82) is 0 Å². The molecule has 126 valence electrons. The Bertz CT molecular complexity index is 749. The first-order valence-electron chi connectivity index (χ1n) is 7.57. The number of nitrogens with one attached hydrogen (secondary N) is 2. The fourth-order valence-electron chi connectivity index (χ4n) is 2.71. The highest BCUT2D eigenvalue weighted by Gasteiger charge is 2.30. The lowest BCUT2D eigenvalue weighted by Crippen LogP contribution is -2.52. The highest BCUT2D eigenvalue weighted by Crippen LogP contribution is 2.18. The van der Waals surface area contributed by atoms with Crippen LogP contribution in [0.3, 0.4) is 0 Å². The van der Waals surface area contributed by atoms with Gasteiger partial charge in [-0.3, -0.25) is 14.7 Å². The second kappa shape index (κ2) is 6.77. The van der Waals surface area contributed by atoms with Crippen LogP contribution < -0.4 is 5.32 Å². The van der Waals surface area contributed by atoms with Crippen molar-refractivity contribution in [3.8, 4) is 0 Å². The zero-order valence-electron chi connectivity index (χ0n) is 12.8. The number of hydrogen-bond acceptors (Lipinski definition) is 3. The van der Waals surface area contributed by atoms with Gasteiger partial charge in [0.25, 0.3) is 5.91 Å². The fourth-order valence-corrected chi connectivity index (χ4v) is 2.71. The van der Waals surface area contributed by atoms with Crippen LogP contribution in [0.15, 0.2) is 30.5 Å². The summed E-state index contributed by atoms with van der Waals surface area (Å²) < 4.78 is 26.7. The maximum Gasteiger partial charge on any atom is 0.269 e. The second-order valence-corrected chi connectivity index (χ2v) is 5.63. The van der Waals surface area contributed by atoms with E-state index in [1.54, 1.807) is 0 Å². The number of aromatic amines is 1. The van der Waals surface area contributed by atoms with Crippen LogP contribution in [0.5, 0.6) is 0 Å². The smallest absolute Gasteiger partial charge is 0.269 e. The number of carbonyl (C=O) groups excluding carboxylic acids is 2. The van der Waals surface area contributed by atoms with Crippen molar-refractivity contribution < 1.29 is 18.4 Å². The largest absolute Gasteiger partial charge is 0.339 e. The van der Waals surface area contributed by atoms with Gasteiger partial charge in [-0.05, 0) is 25.0 Å². The summed E-state index contributed by atoms with van der Waals surface area (Å²) in [7, 11) is 0. The first-order chi connectivity index (χ1) is 11.5. The van der Waals surface area contributed by atoms with Crippen molar-refractivity contribution >= 4 is 11.8 Å². The summed E-state index contributed by atoms with van der Waals surface area (Å²) >= 11 is 0. The molecule has 0 aliphatic carbocycles. The number of halogens is 2. The lowest BCUT2D eigenvalue weighted by Gasteiger charge is -2.32. The minimum Gasteiger partial charge on any atom is -0.339 e. The Morgan fingerprint density at radius 3 is 2.92 bits per heavy atom. The summed E-state index contributed by atoms with van der Waals surface area (Å²) in [5.74, 6) is -2.05. The van der Waals surface area contributed by atoms with Gasteiger partial charge < -0.3 is 10.2 Å². The van der Waals surface area contributed by atoms with Gasteiger partial charge in [0.1, 0.15) is 23.4 Å². The van der Waals surface area contributed by atoms with E-state index in [2.05, 4.69) is 15.5 Å². The van der Waals surface area contributed by atoms with Crippen LogP contribution in [-0.4, -0.2) is 39.5 Å². The van der Waals surface area contributed by atoms with E-state index in [4.69, 9.17) is 0 Å². The average molecular weight is 334 g/mol. The molecule has 2 N–H and O–H groups in total. The number of aromatic nitrogens is 2. The maximum atomic E-state index is 13.8. The molecule has 8 heteroatoms. The molecule has 1 aromatic carbocycles. The predicted molar refractivity (Wildman–Crippen MR) is 80.9 cm³/mol. The third kappa shape index (κ3) is 3.42. The van der Waals surface area contributed by atoms with Gasteiger partial charge in [0.2, 0.25) is 5.91 Å². The molecule has 1 aliphatic rings. The SMILES string of the molecule is O=C(N[C@@H]1CCCN(Cc2ccc(F)cc2F)C1=O)c1ccn[nH]1. The molecular formula is C16H16F2N4O2. The van der Waals surface area contributed by atoms with E-state index < -0.39 is 23.6 Å². The Morgan fingerprint density at radius 1 is 1.38 bits per heavy atom. The van der Waals surface area contributed by atoms with Gasteiger partial charge in [-0.2, -0.15) is 5.10 Å². The molecule has 1 atom stereocenters. The van der Waals surface area contributed by atoms with Gasteiger partial charge >= 0.3 is 0 Å². The van der Waals surface area contributed by atoms with Crippen LogP contribution in [0.4, 0.5) is 8.78 Å². The van der Waals surface area contributed by atoms with Crippen molar-refractivity contribution in [3.63, 3.8) is 0 Å². The van der Waals surface area contributed by atoms with Crippen LogP contribution >= 0.6 is 0 Å². The Hall–Kier alpha value is -2.77. The highest BCUT2D eigenvalue weighted by molar-refractivity contribution is 5.96. The van der Waals surface area contributed by atoms with Gasteiger partial charge in [-0.1, -0.05) is 6.07 Å². The van der Waals surface area contributed by atoms with Crippen molar-refractivity contribution in [2.45, 2.75) is 25.4 Å². The highest BCUT2D eigenvalue weighted by atomic mass is 19.1. The molecule has 2 aromatic rings. The van der Waals surface area contributed by atoms with E-state index in [1.807, 2.05) is 0 Å². The number of hydrogen-bond donors (Lipinski definition) is 2. The molecule has 0 radical (unpaired) electrons. The molecule has 2 amide bonds. The lowest BCUT2D eigenvalue weighted by atomic mass is 10.0. The molecule has 1 saturated heterocycles. The average Bonchev–Trinajstić information content (AvgIpc) is 3.08. The van der Waals surface area contributed by atoms with Gasteiger partial charge in [0, 0.05) is 30.9 Å². The number of amides is 2. The molecular weight excluding hydrogens is 318 g/mol. The Kier molecular flexibility index (Phi) is 4.54. The van der Waals surface area contributed by atoms with Crippen LogP contribution in [-0.2, 0) is 11.3 Å². The molecule has 0 saturated carbocycles. The van der Waals surface area contributed by atoms with Crippen molar-refractivity contribution in [2.75, 3.05) is 6.54 Å². The Balaban J connectivity index is 1.67. The van der Waals surface area contributed by atoms with Crippen LogP contribution in [0.2, 0.25) is 0 Å². The summed E-state index contributed by atoms with van der Waals surface area (Å²) in [6, 6.07) is 4.11. The maximum absolute atomic E-state index is 13.8. The summed E-state index contributed by atoms with van der Waals surface area (Å²) in [5.41, 5.74) is 0.509.